The van der Waals surface area contributed by atoms with Crippen molar-refractivity contribution in [3.05, 3.63) is 52.3 Å². The van der Waals surface area contributed by atoms with Gasteiger partial charge in [0.1, 0.15) is 0 Å². The molecule has 0 aliphatic carbocycles. The molecule has 0 saturated carbocycles. The highest BCUT2D eigenvalue weighted by molar-refractivity contribution is 6.30. The molecule has 0 amide bonds. The van der Waals surface area contributed by atoms with Gasteiger partial charge < -0.3 is 0 Å². The average molecular weight is 311 g/mol. The monoisotopic (exact) mass is 310 g/mol. The van der Waals surface area contributed by atoms with Crippen molar-refractivity contribution >= 4 is 23.2 Å². The van der Waals surface area contributed by atoms with E-state index in [2.05, 4.69) is 28.8 Å². The van der Waals surface area contributed by atoms with Gasteiger partial charge in [-0.2, -0.15) is 5.10 Å². The Balaban J connectivity index is 2.08. The van der Waals surface area contributed by atoms with Crippen LogP contribution in [0.5, 0.6) is 0 Å². The van der Waals surface area contributed by atoms with E-state index in [1.165, 1.54) is 11.3 Å². The highest BCUT2D eigenvalue weighted by Crippen LogP contribution is 2.19. The van der Waals surface area contributed by atoms with Crippen molar-refractivity contribution in [2.45, 2.75) is 33.2 Å². The molecule has 0 bridgehead atoms. The standard InChI is InChI=1S/C16H20Cl2N2/c1-3-20-16(7-12(2)19-20)10-14(11-17)8-13-5-4-6-15(18)9-13/h4-7,9,14H,3,8,10-11H2,1-2H3. The molecule has 1 atom stereocenters. The Bertz CT molecular complexity index is 563. The molecule has 2 rings (SSSR count). The molecule has 0 fully saturated rings. The Labute approximate surface area is 130 Å². The molecule has 20 heavy (non-hydrogen) atoms. The first-order chi connectivity index (χ1) is 9.62. The maximum Gasteiger partial charge on any atom is 0.0596 e. The fourth-order valence-corrected chi connectivity index (χ4v) is 2.94. The van der Waals surface area contributed by atoms with Crippen LogP contribution in [0, 0.1) is 12.8 Å². The molecule has 2 aromatic rings. The van der Waals surface area contributed by atoms with E-state index >= 15 is 0 Å². The van der Waals surface area contributed by atoms with Crippen LogP contribution in [0.2, 0.25) is 5.02 Å². The van der Waals surface area contributed by atoms with E-state index in [9.17, 15) is 0 Å². The van der Waals surface area contributed by atoms with Gasteiger partial charge in [-0.3, -0.25) is 4.68 Å². The van der Waals surface area contributed by atoms with Gasteiger partial charge in [0.25, 0.3) is 0 Å². The Kier molecular flexibility index (Phi) is 5.50. The van der Waals surface area contributed by atoms with Gasteiger partial charge in [-0.15, -0.1) is 11.6 Å². The smallest absolute Gasteiger partial charge is 0.0596 e. The van der Waals surface area contributed by atoms with Gasteiger partial charge in [0.15, 0.2) is 0 Å². The van der Waals surface area contributed by atoms with Crippen LogP contribution in [0.3, 0.4) is 0 Å². The predicted octanol–water partition coefficient (Wildman–Crippen LogP) is 4.51. The first-order valence-electron chi connectivity index (χ1n) is 6.96. The molecule has 1 aromatic heterocycles. The number of hydrogen-bond acceptors (Lipinski definition) is 1. The molecule has 0 N–H and O–H groups in total. The van der Waals surface area contributed by atoms with Crippen molar-refractivity contribution < 1.29 is 0 Å². The molecule has 1 aromatic carbocycles. The topological polar surface area (TPSA) is 17.8 Å². The van der Waals surface area contributed by atoms with Crippen molar-refractivity contribution in [3.8, 4) is 0 Å². The number of benzene rings is 1. The minimum atomic E-state index is 0.400. The minimum Gasteiger partial charge on any atom is -0.270 e. The zero-order chi connectivity index (χ0) is 14.5. The largest absolute Gasteiger partial charge is 0.270 e. The van der Waals surface area contributed by atoms with Gasteiger partial charge in [0.2, 0.25) is 0 Å². The van der Waals surface area contributed by atoms with Crippen LogP contribution in [0.1, 0.15) is 23.9 Å². The Hall–Kier alpha value is -0.990. The van der Waals surface area contributed by atoms with Gasteiger partial charge in [0, 0.05) is 23.1 Å². The van der Waals surface area contributed by atoms with Crippen LogP contribution in [0.4, 0.5) is 0 Å². The second-order valence-corrected chi connectivity index (χ2v) is 5.90. The molecule has 1 unspecified atom stereocenters. The third-order valence-electron chi connectivity index (χ3n) is 3.41. The Morgan fingerprint density at radius 1 is 1.25 bits per heavy atom. The first-order valence-corrected chi connectivity index (χ1v) is 7.87. The number of halogens is 2. The SMILES string of the molecule is CCn1nc(C)cc1CC(CCl)Cc1cccc(Cl)c1. The van der Waals surface area contributed by atoms with E-state index in [0.717, 1.165) is 30.1 Å². The highest BCUT2D eigenvalue weighted by atomic mass is 35.5. The molecule has 0 aliphatic rings. The number of aromatic nitrogens is 2. The normalized spacial score (nSPS) is 12.6. The molecule has 0 saturated heterocycles. The number of rotatable bonds is 6. The fourth-order valence-electron chi connectivity index (χ4n) is 2.51. The zero-order valence-electron chi connectivity index (χ0n) is 11.9. The quantitative estimate of drug-likeness (QED) is 0.718. The Morgan fingerprint density at radius 3 is 2.70 bits per heavy atom. The van der Waals surface area contributed by atoms with Crippen molar-refractivity contribution in [3.63, 3.8) is 0 Å². The maximum atomic E-state index is 6.15. The van der Waals surface area contributed by atoms with E-state index in [1.54, 1.807) is 0 Å². The number of alkyl halides is 1. The third-order valence-corrected chi connectivity index (χ3v) is 4.09. The van der Waals surface area contributed by atoms with E-state index in [-0.39, 0.29) is 0 Å². The van der Waals surface area contributed by atoms with Gasteiger partial charge in [0.05, 0.1) is 5.69 Å². The molecule has 108 valence electrons. The molecule has 0 aliphatic heterocycles. The lowest BCUT2D eigenvalue weighted by Gasteiger charge is -2.15. The van der Waals surface area contributed by atoms with Crippen LogP contribution in [-0.4, -0.2) is 15.7 Å². The second kappa shape index (κ2) is 7.14. The summed E-state index contributed by atoms with van der Waals surface area (Å²) in [7, 11) is 0. The molecule has 1 heterocycles. The Morgan fingerprint density at radius 2 is 2.05 bits per heavy atom. The second-order valence-electron chi connectivity index (χ2n) is 5.15. The van der Waals surface area contributed by atoms with E-state index < -0.39 is 0 Å². The van der Waals surface area contributed by atoms with Crippen molar-refractivity contribution in [2.24, 2.45) is 5.92 Å². The van der Waals surface area contributed by atoms with E-state index in [1.807, 2.05) is 25.1 Å². The first kappa shape index (κ1) is 15.4. The van der Waals surface area contributed by atoms with Gasteiger partial charge in [-0.05, 0) is 56.4 Å². The third kappa shape index (κ3) is 4.00. The minimum absolute atomic E-state index is 0.400. The lowest BCUT2D eigenvalue weighted by molar-refractivity contribution is 0.531. The van der Waals surface area contributed by atoms with Crippen LogP contribution < -0.4 is 0 Å². The summed E-state index contributed by atoms with van der Waals surface area (Å²) < 4.78 is 2.06. The van der Waals surface area contributed by atoms with Crippen molar-refractivity contribution in [2.75, 3.05) is 5.88 Å². The van der Waals surface area contributed by atoms with Crippen molar-refractivity contribution in [1.29, 1.82) is 0 Å². The van der Waals surface area contributed by atoms with E-state index in [4.69, 9.17) is 23.2 Å². The van der Waals surface area contributed by atoms with Gasteiger partial charge >= 0.3 is 0 Å². The summed E-state index contributed by atoms with van der Waals surface area (Å²) in [5.74, 6) is 1.04. The lowest BCUT2D eigenvalue weighted by Crippen LogP contribution is -2.13. The maximum absolute atomic E-state index is 6.15. The summed E-state index contributed by atoms with van der Waals surface area (Å²) in [4.78, 5) is 0. The van der Waals surface area contributed by atoms with Crippen LogP contribution >= 0.6 is 23.2 Å². The zero-order valence-corrected chi connectivity index (χ0v) is 13.5. The predicted molar refractivity (Wildman–Crippen MR) is 85.7 cm³/mol. The van der Waals surface area contributed by atoms with Gasteiger partial charge in [-0.1, -0.05) is 23.7 Å². The van der Waals surface area contributed by atoms with Crippen molar-refractivity contribution in [1.82, 2.24) is 9.78 Å². The molecule has 0 spiro atoms. The van der Waals surface area contributed by atoms with Gasteiger partial charge in [-0.25, -0.2) is 0 Å². The molecular weight excluding hydrogens is 291 g/mol. The number of hydrogen-bond donors (Lipinski definition) is 0. The van der Waals surface area contributed by atoms with E-state index in [0.29, 0.717) is 11.8 Å². The summed E-state index contributed by atoms with van der Waals surface area (Å²) in [6.45, 7) is 5.04. The molecular formula is C16H20Cl2N2. The molecule has 4 heteroatoms. The summed E-state index contributed by atoms with van der Waals surface area (Å²) in [5, 5.41) is 5.27. The van der Waals surface area contributed by atoms with Crippen LogP contribution in [0.25, 0.3) is 0 Å². The highest BCUT2D eigenvalue weighted by Gasteiger charge is 2.13. The summed E-state index contributed by atoms with van der Waals surface area (Å²) in [5.41, 5.74) is 3.57. The molecule has 2 nitrogen and oxygen atoms in total. The fraction of sp³-hybridized carbons (Fsp3) is 0.438. The lowest BCUT2D eigenvalue weighted by atomic mass is 9.96. The number of aryl methyl sites for hydroxylation is 2. The molecule has 0 radical (unpaired) electrons. The average Bonchev–Trinajstić information content (AvgIpc) is 2.78. The van der Waals surface area contributed by atoms with Crippen LogP contribution in [-0.2, 0) is 19.4 Å². The number of nitrogens with zero attached hydrogens (tertiary/aromatic N) is 2. The van der Waals surface area contributed by atoms with Crippen LogP contribution in [0.15, 0.2) is 30.3 Å². The summed E-state index contributed by atoms with van der Waals surface area (Å²) in [6, 6.07) is 10.2. The summed E-state index contributed by atoms with van der Waals surface area (Å²) in [6.07, 6.45) is 1.89. The summed E-state index contributed by atoms with van der Waals surface area (Å²) >= 11 is 12.2.